The van der Waals surface area contributed by atoms with Crippen molar-refractivity contribution in [2.45, 2.75) is 18.8 Å². The molecule has 1 amide bonds. The summed E-state index contributed by atoms with van der Waals surface area (Å²) in [4.78, 5) is 22.8. The normalized spacial score (nSPS) is 18.4. The lowest BCUT2D eigenvalue weighted by molar-refractivity contribution is -0.143. The third-order valence-corrected chi connectivity index (χ3v) is 3.34. The zero-order valence-corrected chi connectivity index (χ0v) is 11.9. The van der Waals surface area contributed by atoms with Gasteiger partial charge in [0.15, 0.2) is 0 Å². The van der Waals surface area contributed by atoms with Crippen LogP contribution in [0.3, 0.4) is 0 Å². The maximum atomic E-state index is 12.7. The van der Waals surface area contributed by atoms with Gasteiger partial charge in [-0.1, -0.05) is 0 Å². The smallest absolute Gasteiger partial charge is 0.416 e. The lowest BCUT2D eigenvalue weighted by atomic mass is 10.0. The molecule has 1 aromatic carbocycles. The molecule has 10 heteroatoms. The van der Waals surface area contributed by atoms with Crippen LogP contribution in [0, 0.1) is 5.92 Å². The molecular formula is C14H11F6NO3. The van der Waals surface area contributed by atoms with Crippen molar-refractivity contribution < 1.29 is 40.7 Å². The maximum absolute atomic E-state index is 12.7. The molecule has 0 spiro atoms. The van der Waals surface area contributed by atoms with Crippen molar-refractivity contribution in [3.05, 3.63) is 34.9 Å². The first-order chi connectivity index (χ1) is 11.0. The second-order valence-corrected chi connectivity index (χ2v) is 5.27. The summed E-state index contributed by atoms with van der Waals surface area (Å²) in [5.74, 6) is -1.95. The zero-order valence-electron chi connectivity index (χ0n) is 11.9. The fourth-order valence-corrected chi connectivity index (χ4v) is 2.13. The second-order valence-electron chi connectivity index (χ2n) is 5.27. The number of amides is 1. The first kappa shape index (κ1) is 18.1. The van der Waals surface area contributed by atoms with Gasteiger partial charge < -0.3 is 10.1 Å². The van der Waals surface area contributed by atoms with Crippen LogP contribution in [0.5, 0.6) is 0 Å². The summed E-state index contributed by atoms with van der Waals surface area (Å²) in [6, 6.07) is 0.529. The molecule has 1 aliphatic rings. The molecule has 1 heterocycles. The van der Waals surface area contributed by atoms with Crippen molar-refractivity contribution in [1.29, 1.82) is 0 Å². The van der Waals surface area contributed by atoms with Crippen LogP contribution in [0.25, 0.3) is 0 Å². The molecule has 0 radical (unpaired) electrons. The number of halogens is 6. The molecule has 0 saturated carbocycles. The van der Waals surface area contributed by atoms with Crippen molar-refractivity contribution in [2.24, 2.45) is 5.92 Å². The van der Waals surface area contributed by atoms with Crippen LogP contribution in [0.15, 0.2) is 18.2 Å². The Kier molecular flexibility index (Phi) is 4.77. The zero-order chi connectivity index (χ0) is 18.1. The average Bonchev–Trinajstić information content (AvgIpc) is 2.88. The number of esters is 1. The number of ether oxygens (including phenoxy) is 1. The van der Waals surface area contributed by atoms with Gasteiger partial charge in [0.25, 0.3) is 0 Å². The molecule has 1 fully saturated rings. The van der Waals surface area contributed by atoms with E-state index in [-0.39, 0.29) is 37.5 Å². The number of carbonyl (C=O) groups is 2. The van der Waals surface area contributed by atoms with Gasteiger partial charge in [0.1, 0.15) is 0 Å². The van der Waals surface area contributed by atoms with Crippen molar-refractivity contribution in [1.82, 2.24) is 5.32 Å². The third kappa shape index (κ3) is 4.39. The molecule has 0 unspecified atom stereocenters. The van der Waals surface area contributed by atoms with Crippen LogP contribution in [0.1, 0.15) is 27.9 Å². The average molecular weight is 355 g/mol. The van der Waals surface area contributed by atoms with Gasteiger partial charge in [-0.05, 0) is 18.2 Å². The molecule has 1 aromatic rings. The molecule has 132 valence electrons. The summed E-state index contributed by atoms with van der Waals surface area (Å²) < 4.78 is 81.0. The highest BCUT2D eigenvalue weighted by Crippen LogP contribution is 2.36. The Balaban J connectivity index is 2.21. The molecule has 0 aromatic heterocycles. The van der Waals surface area contributed by atoms with Gasteiger partial charge >= 0.3 is 18.3 Å². The van der Waals surface area contributed by atoms with E-state index in [0.29, 0.717) is 12.1 Å². The van der Waals surface area contributed by atoms with E-state index in [4.69, 9.17) is 4.74 Å². The molecule has 0 aliphatic carbocycles. The van der Waals surface area contributed by atoms with Gasteiger partial charge in [0.05, 0.1) is 23.3 Å². The molecule has 1 N–H and O–H groups in total. The Hall–Kier alpha value is -2.26. The number of nitrogens with one attached hydrogen (secondary N) is 1. The van der Waals surface area contributed by atoms with E-state index in [9.17, 15) is 35.9 Å². The summed E-state index contributed by atoms with van der Waals surface area (Å²) in [7, 11) is 0. The second kappa shape index (κ2) is 6.33. The largest absolute Gasteiger partial charge is 0.462 e. The van der Waals surface area contributed by atoms with Crippen LogP contribution in [0.4, 0.5) is 26.3 Å². The number of alkyl halides is 6. The van der Waals surface area contributed by atoms with Gasteiger partial charge in [-0.3, -0.25) is 4.79 Å². The lowest BCUT2D eigenvalue weighted by Gasteiger charge is -2.14. The number of benzene rings is 1. The molecule has 0 bridgehead atoms. The Labute approximate surface area is 131 Å². The Bertz CT molecular complexity index is 621. The van der Waals surface area contributed by atoms with Crippen LogP contribution in [-0.2, 0) is 21.9 Å². The monoisotopic (exact) mass is 355 g/mol. The van der Waals surface area contributed by atoms with E-state index in [1.807, 2.05) is 0 Å². The summed E-state index contributed by atoms with van der Waals surface area (Å²) in [5.41, 5.74) is -4.04. The van der Waals surface area contributed by atoms with E-state index in [1.54, 1.807) is 0 Å². The standard InChI is InChI=1S/C14H11F6NO3/c15-13(16,17)9-2-8(3-10(4-9)14(18,19)20)12(23)24-6-7-1-11(22)21-5-7/h2-4,7H,1,5-6H2,(H,21,22)/t7-/m1/s1. The molecule has 24 heavy (non-hydrogen) atoms. The molecule has 1 atom stereocenters. The van der Waals surface area contributed by atoms with Crippen molar-refractivity contribution >= 4 is 11.9 Å². The molecule has 1 aliphatic heterocycles. The van der Waals surface area contributed by atoms with Gasteiger partial charge in [-0.15, -0.1) is 0 Å². The maximum Gasteiger partial charge on any atom is 0.416 e. The SMILES string of the molecule is O=C1C[C@@H](COC(=O)c2cc(C(F)(F)F)cc(C(F)(F)F)c2)CN1. The van der Waals surface area contributed by atoms with Gasteiger partial charge in [0, 0.05) is 18.9 Å². The van der Waals surface area contributed by atoms with E-state index >= 15 is 0 Å². The number of carbonyl (C=O) groups excluding carboxylic acids is 2. The van der Waals surface area contributed by atoms with Crippen molar-refractivity contribution in [3.63, 3.8) is 0 Å². The topological polar surface area (TPSA) is 55.4 Å². The van der Waals surface area contributed by atoms with Crippen molar-refractivity contribution in [2.75, 3.05) is 13.2 Å². The summed E-state index contributed by atoms with van der Waals surface area (Å²) in [5, 5.41) is 2.46. The van der Waals surface area contributed by atoms with Crippen LogP contribution in [-0.4, -0.2) is 25.0 Å². The van der Waals surface area contributed by atoms with E-state index < -0.39 is 35.0 Å². The molecule has 4 nitrogen and oxygen atoms in total. The minimum atomic E-state index is -5.04. The summed E-state index contributed by atoms with van der Waals surface area (Å²) >= 11 is 0. The lowest BCUT2D eigenvalue weighted by Crippen LogP contribution is -2.19. The number of hydrogen-bond acceptors (Lipinski definition) is 3. The Morgan fingerprint density at radius 2 is 1.62 bits per heavy atom. The first-order valence-electron chi connectivity index (χ1n) is 6.70. The summed E-state index contributed by atoms with van der Waals surface area (Å²) in [6.07, 6.45) is -10.0. The van der Waals surface area contributed by atoms with Crippen LogP contribution in [0.2, 0.25) is 0 Å². The minimum Gasteiger partial charge on any atom is -0.462 e. The van der Waals surface area contributed by atoms with E-state index in [0.717, 1.165) is 0 Å². The highest BCUT2D eigenvalue weighted by atomic mass is 19.4. The van der Waals surface area contributed by atoms with Gasteiger partial charge in [0.2, 0.25) is 5.91 Å². The Morgan fingerprint density at radius 3 is 2.04 bits per heavy atom. The predicted octanol–water partition coefficient (Wildman–Crippen LogP) is 3.02. The van der Waals surface area contributed by atoms with Gasteiger partial charge in [-0.25, -0.2) is 4.79 Å². The third-order valence-electron chi connectivity index (χ3n) is 3.34. The van der Waals surface area contributed by atoms with E-state index in [2.05, 4.69) is 5.32 Å². The fourth-order valence-electron chi connectivity index (χ4n) is 2.13. The number of hydrogen-bond donors (Lipinski definition) is 1. The highest BCUT2D eigenvalue weighted by Gasteiger charge is 2.37. The van der Waals surface area contributed by atoms with Crippen molar-refractivity contribution in [3.8, 4) is 0 Å². The van der Waals surface area contributed by atoms with Gasteiger partial charge in [-0.2, -0.15) is 26.3 Å². The first-order valence-corrected chi connectivity index (χ1v) is 6.70. The van der Waals surface area contributed by atoms with Crippen LogP contribution >= 0.6 is 0 Å². The summed E-state index contributed by atoms with van der Waals surface area (Å²) in [6.45, 7) is -0.0579. The predicted molar refractivity (Wildman–Crippen MR) is 67.8 cm³/mol. The molecule has 1 saturated heterocycles. The Morgan fingerprint density at radius 1 is 1.08 bits per heavy atom. The molecule has 2 rings (SSSR count). The highest BCUT2D eigenvalue weighted by molar-refractivity contribution is 5.90. The fraction of sp³-hybridized carbons (Fsp3) is 0.429. The van der Waals surface area contributed by atoms with Crippen LogP contribution < -0.4 is 5.32 Å². The quantitative estimate of drug-likeness (QED) is 0.670. The van der Waals surface area contributed by atoms with E-state index in [1.165, 1.54) is 0 Å². The number of rotatable bonds is 3. The molecular weight excluding hydrogens is 344 g/mol. The minimum absolute atomic E-state index is 0.0731.